The monoisotopic (exact) mass is 367 g/mol. The van der Waals surface area contributed by atoms with Crippen molar-refractivity contribution in [3.8, 4) is 11.8 Å². The number of carbonyl (C=O) groups is 1. The number of benzene rings is 2. The molecule has 0 aliphatic heterocycles. The van der Waals surface area contributed by atoms with Crippen molar-refractivity contribution < 1.29 is 9.53 Å². The van der Waals surface area contributed by atoms with Gasteiger partial charge in [-0.2, -0.15) is 5.26 Å². The van der Waals surface area contributed by atoms with Gasteiger partial charge in [0.1, 0.15) is 17.4 Å². The lowest BCUT2D eigenvalue weighted by Gasteiger charge is -2.13. The van der Waals surface area contributed by atoms with E-state index >= 15 is 0 Å². The molecule has 2 aromatic carbocycles. The first-order chi connectivity index (χ1) is 12.5. The van der Waals surface area contributed by atoms with Crippen molar-refractivity contribution in [2.24, 2.45) is 5.73 Å². The molecule has 2 rings (SSSR count). The highest BCUT2D eigenvalue weighted by Gasteiger charge is 2.14. The van der Waals surface area contributed by atoms with E-state index in [0.29, 0.717) is 17.4 Å². The van der Waals surface area contributed by atoms with E-state index < -0.39 is 5.91 Å². The van der Waals surface area contributed by atoms with Gasteiger partial charge >= 0.3 is 0 Å². The van der Waals surface area contributed by atoms with Crippen LogP contribution in [0.5, 0.6) is 5.75 Å². The molecule has 0 aliphatic carbocycles. The van der Waals surface area contributed by atoms with Gasteiger partial charge in [0, 0.05) is 11.4 Å². The quantitative estimate of drug-likeness (QED) is 0.545. The van der Waals surface area contributed by atoms with Crippen LogP contribution in [0, 0.1) is 18.3 Å². The number of nitrogens with zero attached hydrogens (tertiary/aromatic N) is 1. The number of amides is 1. The number of anilines is 1. The molecule has 0 radical (unpaired) electrons. The first kappa shape index (κ1) is 19.4. The maximum atomic E-state index is 11.6. The van der Waals surface area contributed by atoms with Crippen LogP contribution in [-0.4, -0.2) is 12.5 Å². The van der Waals surface area contributed by atoms with Crippen LogP contribution in [-0.2, 0) is 10.5 Å². The number of aryl methyl sites for hydroxylation is 1. The third kappa shape index (κ3) is 5.30. The van der Waals surface area contributed by atoms with Crippen LogP contribution in [0.2, 0.25) is 0 Å². The van der Waals surface area contributed by atoms with E-state index in [2.05, 4.69) is 5.32 Å². The molecule has 0 bridgehead atoms. The molecular formula is C20H21N3O2S. The van der Waals surface area contributed by atoms with Crippen molar-refractivity contribution in [3.63, 3.8) is 0 Å². The number of hydrogen-bond acceptors (Lipinski definition) is 5. The molecule has 5 nitrogen and oxygen atoms in total. The van der Waals surface area contributed by atoms with Crippen LogP contribution in [0.3, 0.4) is 0 Å². The Morgan fingerprint density at radius 3 is 2.50 bits per heavy atom. The second-order valence-electron chi connectivity index (χ2n) is 5.48. The van der Waals surface area contributed by atoms with Gasteiger partial charge < -0.3 is 15.8 Å². The number of carbonyl (C=O) groups excluding carboxylic acids is 1. The predicted molar refractivity (Wildman–Crippen MR) is 106 cm³/mol. The maximum Gasteiger partial charge on any atom is 0.262 e. The Morgan fingerprint density at radius 2 is 1.92 bits per heavy atom. The Bertz CT molecular complexity index is 839. The highest BCUT2D eigenvalue weighted by atomic mass is 32.2. The third-order valence-corrected chi connectivity index (χ3v) is 4.69. The summed E-state index contributed by atoms with van der Waals surface area (Å²) in [6, 6.07) is 17.2. The summed E-state index contributed by atoms with van der Waals surface area (Å²) in [5.41, 5.74) is 8.31. The van der Waals surface area contributed by atoms with E-state index in [0.717, 1.165) is 22.6 Å². The van der Waals surface area contributed by atoms with Crippen LogP contribution in [0.4, 0.5) is 5.69 Å². The second kappa shape index (κ2) is 9.54. The van der Waals surface area contributed by atoms with Crippen LogP contribution in [0.1, 0.15) is 18.1 Å². The number of thioether (sulfide) groups is 1. The summed E-state index contributed by atoms with van der Waals surface area (Å²) in [4.78, 5) is 11.6. The number of nitrogens with two attached hydrogens (primary N) is 1. The summed E-state index contributed by atoms with van der Waals surface area (Å²) in [5, 5.41) is 12.9. The van der Waals surface area contributed by atoms with Gasteiger partial charge in [-0.05, 0) is 49.2 Å². The van der Waals surface area contributed by atoms with Gasteiger partial charge in [-0.25, -0.2) is 0 Å². The van der Waals surface area contributed by atoms with E-state index in [1.54, 1.807) is 0 Å². The van der Waals surface area contributed by atoms with E-state index in [1.165, 1.54) is 11.8 Å². The number of nitriles is 1. The predicted octanol–water partition coefficient (Wildman–Crippen LogP) is 3.96. The summed E-state index contributed by atoms with van der Waals surface area (Å²) in [7, 11) is 0. The molecule has 0 atom stereocenters. The van der Waals surface area contributed by atoms with Crippen molar-refractivity contribution in [1.29, 1.82) is 5.26 Å². The maximum absolute atomic E-state index is 11.6. The highest BCUT2D eigenvalue weighted by Crippen LogP contribution is 2.28. The Hall–Kier alpha value is -2.91. The standard InChI is InChI=1S/C20H21N3O2S/c1-3-25-17-10-8-16(9-11-17)23-20(18(12-21)19(22)24)26-13-15-7-5-4-6-14(15)2/h4-11,23H,3,13H2,1-2H3,(H2,22,24). The van der Waals surface area contributed by atoms with Crippen LogP contribution >= 0.6 is 11.8 Å². The molecule has 0 heterocycles. The third-order valence-electron chi connectivity index (χ3n) is 3.64. The van der Waals surface area contributed by atoms with Crippen molar-refractivity contribution >= 4 is 23.4 Å². The minimum atomic E-state index is -0.752. The zero-order valence-corrected chi connectivity index (χ0v) is 15.6. The molecule has 0 fully saturated rings. The molecule has 0 saturated heterocycles. The van der Waals surface area contributed by atoms with Crippen LogP contribution in [0.25, 0.3) is 0 Å². The lowest BCUT2D eigenvalue weighted by molar-refractivity contribution is -0.114. The Kier molecular flexibility index (Phi) is 7.12. The molecule has 1 amide bonds. The number of ether oxygens (including phenoxy) is 1. The van der Waals surface area contributed by atoms with Crippen LogP contribution in [0.15, 0.2) is 59.1 Å². The van der Waals surface area contributed by atoms with Gasteiger partial charge in [0.05, 0.1) is 11.6 Å². The van der Waals surface area contributed by atoms with Crippen molar-refractivity contribution in [3.05, 3.63) is 70.3 Å². The normalized spacial score (nSPS) is 11.3. The number of nitrogens with one attached hydrogen (secondary N) is 1. The lowest BCUT2D eigenvalue weighted by atomic mass is 10.1. The lowest BCUT2D eigenvalue weighted by Crippen LogP contribution is -2.16. The summed E-state index contributed by atoms with van der Waals surface area (Å²) >= 11 is 1.37. The zero-order chi connectivity index (χ0) is 18.9. The summed E-state index contributed by atoms with van der Waals surface area (Å²) in [6.45, 7) is 4.53. The number of rotatable bonds is 8. The van der Waals surface area contributed by atoms with Crippen molar-refractivity contribution in [2.45, 2.75) is 19.6 Å². The molecule has 6 heteroatoms. The Morgan fingerprint density at radius 1 is 1.23 bits per heavy atom. The van der Waals surface area contributed by atoms with Gasteiger partial charge in [0.25, 0.3) is 5.91 Å². The smallest absolute Gasteiger partial charge is 0.262 e. The Labute approximate surface area is 157 Å². The first-order valence-electron chi connectivity index (χ1n) is 8.16. The van der Waals surface area contributed by atoms with E-state index in [9.17, 15) is 10.1 Å². The van der Waals surface area contributed by atoms with Gasteiger partial charge in [-0.15, -0.1) is 11.8 Å². The minimum Gasteiger partial charge on any atom is -0.494 e. The molecule has 2 aromatic rings. The average Bonchev–Trinajstić information content (AvgIpc) is 2.63. The largest absolute Gasteiger partial charge is 0.494 e. The molecule has 26 heavy (non-hydrogen) atoms. The average molecular weight is 367 g/mol. The van der Waals surface area contributed by atoms with Gasteiger partial charge in [-0.1, -0.05) is 24.3 Å². The molecular weight excluding hydrogens is 346 g/mol. The van der Waals surface area contributed by atoms with Gasteiger partial charge in [0.15, 0.2) is 0 Å². The number of hydrogen-bond donors (Lipinski definition) is 2. The molecule has 0 aromatic heterocycles. The zero-order valence-electron chi connectivity index (χ0n) is 14.8. The van der Waals surface area contributed by atoms with Crippen molar-refractivity contribution in [1.82, 2.24) is 0 Å². The Balaban J connectivity index is 2.23. The fourth-order valence-corrected chi connectivity index (χ4v) is 3.35. The van der Waals surface area contributed by atoms with Gasteiger partial charge in [-0.3, -0.25) is 4.79 Å². The summed E-state index contributed by atoms with van der Waals surface area (Å²) in [5.74, 6) is 0.620. The van der Waals surface area contributed by atoms with E-state index in [-0.39, 0.29) is 5.57 Å². The van der Waals surface area contributed by atoms with E-state index in [4.69, 9.17) is 10.5 Å². The topological polar surface area (TPSA) is 88.1 Å². The van der Waals surface area contributed by atoms with Gasteiger partial charge in [0.2, 0.25) is 0 Å². The summed E-state index contributed by atoms with van der Waals surface area (Å²) in [6.07, 6.45) is 0. The molecule has 0 aliphatic rings. The second-order valence-corrected chi connectivity index (χ2v) is 6.46. The van der Waals surface area contributed by atoms with Crippen molar-refractivity contribution in [2.75, 3.05) is 11.9 Å². The number of primary amides is 1. The minimum absolute atomic E-state index is 0.0857. The van der Waals surface area contributed by atoms with E-state index in [1.807, 2.05) is 68.4 Å². The van der Waals surface area contributed by atoms with Crippen LogP contribution < -0.4 is 15.8 Å². The molecule has 3 N–H and O–H groups in total. The first-order valence-corrected chi connectivity index (χ1v) is 9.15. The summed E-state index contributed by atoms with van der Waals surface area (Å²) < 4.78 is 5.42. The molecule has 134 valence electrons. The SMILES string of the molecule is CCOc1ccc(NC(SCc2ccccc2C)=C(C#N)C(N)=O)cc1. The fraction of sp³-hybridized carbons (Fsp3) is 0.200. The molecule has 0 saturated carbocycles. The molecule has 0 spiro atoms. The highest BCUT2D eigenvalue weighted by molar-refractivity contribution is 8.02. The fourth-order valence-electron chi connectivity index (χ4n) is 2.24. The molecule has 0 unspecified atom stereocenters.